The van der Waals surface area contributed by atoms with Gasteiger partial charge in [0.2, 0.25) is 0 Å². The van der Waals surface area contributed by atoms with Crippen LogP contribution >= 0.6 is 23.2 Å². The smallest absolute Gasteiger partial charge is 0.262 e. The van der Waals surface area contributed by atoms with E-state index in [4.69, 9.17) is 23.2 Å². The minimum absolute atomic E-state index is 0.0739. The fourth-order valence-electron chi connectivity index (χ4n) is 1.52. The highest BCUT2D eigenvalue weighted by Gasteiger charge is 2.20. The third-order valence-corrected chi connectivity index (χ3v) is 4.64. The molecule has 0 saturated carbocycles. The number of aryl methyl sites for hydroxylation is 1. The molecule has 0 amide bonds. The van der Waals surface area contributed by atoms with Crippen LogP contribution < -0.4 is 4.72 Å². The van der Waals surface area contributed by atoms with Crippen molar-refractivity contribution in [3.63, 3.8) is 0 Å². The number of anilines is 1. The van der Waals surface area contributed by atoms with Gasteiger partial charge in [0.05, 0.1) is 4.90 Å². The van der Waals surface area contributed by atoms with Gasteiger partial charge in [-0.25, -0.2) is 22.8 Å². The van der Waals surface area contributed by atoms with Crippen molar-refractivity contribution in [1.29, 1.82) is 0 Å². The molecule has 0 aliphatic heterocycles. The summed E-state index contributed by atoms with van der Waals surface area (Å²) in [6, 6.07) is 3.32. The van der Waals surface area contributed by atoms with Crippen molar-refractivity contribution in [1.82, 2.24) is 9.97 Å². The van der Waals surface area contributed by atoms with Gasteiger partial charge >= 0.3 is 0 Å². The highest BCUT2D eigenvalue weighted by Crippen LogP contribution is 2.28. The minimum atomic E-state index is -3.95. The molecular weight excluding hydrogens is 328 g/mol. The van der Waals surface area contributed by atoms with Crippen molar-refractivity contribution in [2.45, 2.75) is 11.8 Å². The number of hydrogen-bond donors (Lipinski definition) is 1. The third-order valence-electron chi connectivity index (χ3n) is 2.40. The number of aromatic nitrogens is 2. The number of hydrogen-bond acceptors (Lipinski definition) is 4. The predicted molar refractivity (Wildman–Crippen MR) is 74.0 cm³/mol. The Morgan fingerprint density at radius 2 is 1.95 bits per heavy atom. The van der Waals surface area contributed by atoms with Gasteiger partial charge in [0.1, 0.15) is 17.2 Å². The van der Waals surface area contributed by atoms with E-state index < -0.39 is 15.8 Å². The van der Waals surface area contributed by atoms with E-state index in [9.17, 15) is 12.8 Å². The molecule has 1 aromatic carbocycles. The van der Waals surface area contributed by atoms with Crippen molar-refractivity contribution in [2.24, 2.45) is 0 Å². The summed E-state index contributed by atoms with van der Waals surface area (Å²) in [5.74, 6) is -0.667. The molecule has 0 saturated heterocycles. The van der Waals surface area contributed by atoms with Gasteiger partial charge in [0, 0.05) is 0 Å². The van der Waals surface area contributed by atoms with Crippen LogP contribution in [0.3, 0.4) is 0 Å². The number of sulfonamides is 1. The molecule has 20 heavy (non-hydrogen) atoms. The SMILES string of the molecule is Cc1cc(F)ccc1S(=O)(=O)Nc1ncnc(Cl)c1Cl. The van der Waals surface area contributed by atoms with Crippen molar-refractivity contribution >= 4 is 39.0 Å². The minimum Gasteiger partial charge on any atom is -0.262 e. The predicted octanol–water partition coefficient (Wildman–Crippen LogP) is 3.03. The summed E-state index contributed by atoms with van der Waals surface area (Å²) in [4.78, 5) is 7.24. The molecule has 0 aliphatic rings. The first-order chi connectivity index (χ1) is 9.31. The molecule has 0 fully saturated rings. The molecule has 0 spiro atoms. The molecule has 1 aromatic heterocycles. The molecule has 0 aliphatic carbocycles. The molecule has 0 atom stereocenters. The van der Waals surface area contributed by atoms with Crippen LogP contribution in [0, 0.1) is 12.7 Å². The number of rotatable bonds is 3. The zero-order valence-corrected chi connectivity index (χ0v) is 12.4. The summed E-state index contributed by atoms with van der Waals surface area (Å²) in [6.45, 7) is 1.48. The van der Waals surface area contributed by atoms with Gasteiger partial charge in [-0.15, -0.1) is 0 Å². The van der Waals surface area contributed by atoms with Crippen molar-refractivity contribution in [3.8, 4) is 0 Å². The van der Waals surface area contributed by atoms with E-state index in [0.29, 0.717) is 0 Å². The Labute approximate surface area is 124 Å². The van der Waals surface area contributed by atoms with E-state index in [1.807, 2.05) is 0 Å². The highest BCUT2D eigenvalue weighted by atomic mass is 35.5. The van der Waals surface area contributed by atoms with Crippen LogP contribution in [0.4, 0.5) is 10.2 Å². The Morgan fingerprint density at radius 3 is 2.60 bits per heavy atom. The molecule has 9 heteroatoms. The highest BCUT2D eigenvalue weighted by molar-refractivity contribution is 7.92. The van der Waals surface area contributed by atoms with Gasteiger partial charge in [-0.05, 0) is 30.7 Å². The molecule has 106 valence electrons. The third kappa shape index (κ3) is 3.00. The summed E-state index contributed by atoms with van der Waals surface area (Å²) in [7, 11) is -3.95. The van der Waals surface area contributed by atoms with Gasteiger partial charge in [-0.2, -0.15) is 0 Å². The van der Waals surface area contributed by atoms with E-state index in [0.717, 1.165) is 24.5 Å². The first kappa shape index (κ1) is 15.0. The molecule has 0 radical (unpaired) electrons. The van der Waals surface area contributed by atoms with E-state index in [-0.39, 0.29) is 26.5 Å². The van der Waals surface area contributed by atoms with E-state index >= 15 is 0 Å². The van der Waals surface area contributed by atoms with Crippen molar-refractivity contribution in [2.75, 3.05) is 4.72 Å². The zero-order chi connectivity index (χ0) is 14.9. The van der Waals surface area contributed by atoms with Crippen LogP contribution in [0.15, 0.2) is 29.4 Å². The number of nitrogens with zero attached hydrogens (tertiary/aromatic N) is 2. The van der Waals surface area contributed by atoms with Crippen LogP contribution in [-0.2, 0) is 10.0 Å². The second kappa shape index (κ2) is 5.51. The summed E-state index contributed by atoms with van der Waals surface area (Å²) in [5, 5.41) is -0.187. The second-order valence-corrected chi connectivity index (χ2v) is 6.23. The Kier molecular flexibility index (Phi) is 4.12. The van der Waals surface area contributed by atoms with Gasteiger partial charge in [0.25, 0.3) is 10.0 Å². The first-order valence-electron chi connectivity index (χ1n) is 5.26. The van der Waals surface area contributed by atoms with Gasteiger partial charge in [-0.3, -0.25) is 4.72 Å². The van der Waals surface area contributed by atoms with Crippen molar-refractivity contribution in [3.05, 3.63) is 46.1 Å². The van der Waals surface area contributed by atoms with Crippen LogP contribution in [0.5, 0.6) is 0 Å². The maximum absolute atomic E-state index is 13.0. The fourth-order valence-corrected chi connectivity index (χ4v) is 3.10. The lowest BCUT2D eigenvalue weighted by Gasteiger charge is -2.10. The lowest BCUT2D eigenvalue weighted by atomic mass is 10.2. The fraction of sp³-hybridized carbons (Fsp3) is 0.0909. The molecule has 1 N–H and O–H groups in total. The summed E-state index contributed by atoms with van der Waals surface area (Å²) >= 11 is 11.5. The van der Waals surface area contributed by atoms with Crippen LogP contribution in [0.2, 0.25) is 10.2 Å². The largest absolute Gasteiger partial charge is 0.263 e. The lowest BCUT2D eigenvalue weighted by molar-refractivity contribution is 0.598. The number of benzene rings is 1. The van der Waals surface area contributed by atoms with Crippen LogP contribution in [-0.4, -0.2) is 18.4 Å². The second-order valence-electron chi connectivity index (χ2n) is 3.84. The maximum Gasteiger partial charge on any atom is 0.263 e. The Bertz CT molecular complexity index is 768. The van der Waals surface area contributed by atoms with Crippen LogP contribution in [0.25, 0.3) is 0 Å². The maximum atomic E-state index is 13.0. The molecule has 2 aromatic rings. The van der Waals surface area contributed by atoms with E-state index in [2.05, 4.69) is 14.7 Å². The Morgan fingerprint density at radius 1 is 1.25 bits per heavy atom. The lowest BCUT2D eigenvalue weighted by Crippen LogP contribution is -2.15. The Balaban J connectivity index is 2.44. The monoisotopic (exact) mass is 335 g/mol. The molecule has 0 unspecified atom stereocenters. The van der Waals surface area contributed by atoms with Gasteiger partial charge in [0.15, 0.2) is 11.0 Å². The van der Waals surface area contributed by atoms with Crippen molar-refractivity contribution < 1.29 is 12.8 Å². The number of halogens is 3. The Hall–Kier alpha value is -1.44. The summed E-state index contributed by atoms with van der Waals surface area (Å²) in [6.07, 6.45) is 1.07. The topological polar surface area (TPSA) is 72.0 Å². The van der Waals surface area contributed by atoms with Crippen LogP contribution in [0.1, 0.15) is 5.56 Å². The molecule has 5 nitrogen and oxygen atoms in total. The standard InChI is InChI=1S/C11H8Cl2FN3O2S/c1-6-4-7(14)2-3-8(6)20(18,19)17-11-9(12)10(13)15-5-16-11/h2-5H,1H3,(H,15,16,17). The first-order valence-corrected chi connectivity index (χ1v) is 7.50. The quantitative estimate of drug-likeness (QED) is 0.875. The summed E-state index contributed by atoms with van der Waals surface area (Å²) in [5.41, 5.74) is 0.258. The summed E-state index contributed by atoms with van der Waals surface area (Å²) < 4.78 is 39.6. The zero-order valence-electron chi connectivity index (χ0n) is 10.1. The van der Waals surface area contributed by atoms with E-state index in [1.54, 1.807) is 0 Å². The average Bonchev–Trinajstić information content (AvgIpc) is 2.34. The molecule has 1 heterocycles. The average molecular weight is 336 g/mol. The van der Waals surface area contributed by atoms with Gasteiger partial charge < -0.3 is 0 Å². The molecular formula is C11H8Cl2FN3O2S. The number of nitrogens with one attached hydrogen (secondary N) is 1. The normalized spacial score (nSPS) is 11.4. The molecule has 0 bridgehead atoms. The van der Waals surface area contributed by atoms with Gasteiger partial charge in [-0.1, -0.05) is 23.2 Å². The molecule has 2 rings (SSSR count). The van der Waals surface area contributed by atoms with E-state index in [1.165, 1.54) is 6.92 Å².